The lowest BCUT2D eigenvalue weighted by molar-refractivity contribution is -0.0390. The van der Waals surface area contributed by atoms with Crippen LogP contribution in [0.5, 0.6) is 0 Å². The van der Waals surface area contributed by atoms with E-state index in [-0.39, 0.29) is 5.82 Å². The number of nitrogens with zero attached hydrogens (tertiary/aromatic N) is 1. The van der Waals surface area contributed by atoms with Gasteiger partial charge in [-0.1, -0.05) is 24.3 Å². The molecule has 0 unspecified atom stereocenters. The molecule has 0 aliphatic carbocycles. The monoisotopic (exact) mass is 445 g/mol. The van der Waals surface area contributed by atoms with Gasteiger partial charge in [0.2, 0.25) is 0 Å². The highest BCUT2D eigenvalue weighted by Crippen LogP contribution is 2.18. The van der Waals surface area contributed by atoms with E-state index in [2.05, 4.69) is 39.9 Å². The molecule has 7 heteroatoms. The van der Waals surface area contributed by atoms with E-state index in [1.165, 1.54) is 23.3 Å². The van der Waals surface area contributed by atoms with Gasteiger partial charge in [0, 0.05) is 38.2 Å². The van der Waals surface area contributed by atoms with Gasteiger partial charge in [0.1, 0.15) is 5.82 Å². The van der Waals surface area contributed by atoms with Gasteiger partial charge in [-0.15, -0.1) is 11.8 Å². The molecule has 0 aromatic heterocycles. The molecule has 0 bridgehead atoms. The summed E-state index contributed by atoms with van der Waals surface area (Å²) in [6.45, 7) is 3.76. The lowest BCUT2D eigenvalue weighted by Gasteiger charge is -2.22. The highest BCUT2D eigenvalue weighted by Gasteiger charge is 2.14. The van der Waals surface area contributed by atoms with Crippen LogP contribution in [0.4, 0.5) is 4.39 Å². The molecule has 31 heavy (non-hydrogen) atoms. The first-order valence-corrected chi connectivity index (χ1v) is 11.8. The van der Waals surface area contributed by atoms with Crippen molar-refractivity contribution in [2.24, 2.45) is 4.99 Å². The Labute approximate surface area is 188 Å². The molecule has 1 fully saturated rings. The van der Waals surface area contributed by atoms with Crippen LogP contribution < -0.4 is 10.6 Å². The molecular formula is C24H32FN3O2S. The fourth-order valence-corrected chi connectivity index (χ4v) is 4.15. The molecule has 0 amide bonds. The van der Waals surface area contributed by atoms with Crippen molar-refractivity contribution in [2.45, 2.75) is 43.4 Å². The second kappa shape index (κ2) is 13.3. The third-order valence-corrected chi connectivity index (χ3v) is 6.12. The molecule has 0 radical (unpaired) electrons. The van der Waals surface area contributed by atoms with E-state index < -0.39 is 0 Å². The molecule has 2 aromatic rings. The smallest absolute Gasteiger partial charge is 0.191 e. The SMILES string of the molecule is CN=C(NCCCSc1ccc(F)cc1)NCc1cccc(COC2CCOCC2)c1. The molecular weight excluding hydrogens is 413 g/mol. The first kappa shape index (κ1) is 23.6. The Morgan fingerprint density at radius 2 is 1.90 bits per heavy atom. The molecule has 0 spiro atoms. The number of halogens is 1. The van der Waals surface area contributed by atoms with Crippen LogP contribution in [0.3, 0.4) is 0 Å². The number of hydrogen-bond acceptors (Lipinski definition) is 4. The minimum absolute atomic E-state index is 0.196. The van der Waals surface area contributed by atoms with Crippen LogP contribution >= 0.6 is 11.8 Å². The lowest BCUT2D eigenvalue weighted by Crippen LogP contribution is -2.37. The zero-order chi connectivity index (χ0) is 21.7. The maximum Gasteiger partial charge on any atom is 0.191 e. The van der Waals surface area contributed by atoms with Crippen LogP contribution in [0.1, 0.15) is 30.4 Å². The summed E-state index contributed by atoms with van der Waals surface area (Å²) in [5, 5.41) is 6.71. The van der Waals surface area contributed by atoms with E-state index in [1.54, 1.807) is 18.8 Å². The lowest BCUT2D eigenvalue weighted by atomic mass is 10.1. The van der Waals surface area contributed by atoms with Gasteiger partial charge in [-0.05, 0) is 60.4 Å². The van der Waals surface area contributed by atoms with Crippen LogP contribution in [0, 0.1) is 5.82 Å². The number of guanidine groups is 1. The van der Waals surface area contributed by atoms with Gasteiger partial charge in [-0.3, -0.25) is 4.99 Å². The number of hydrogen-bond donors (Lipinski definition) is 2. The molecule has 1 heterocycles. The first-order chi connectivity index (χ1) is 15.2. The van der Waals surface area contributed by atoms with Crippen molar-refractivity contribution in [1.29, 1.82) is 0 Å². The maximum atomic E-state index is 12.9. The highest BCUT2D eigenvalue weighted by molar-refractivity contribution is 7.99. The van der Waals surface area contributed by atoms with Crippen molar-refractivity contribution in [1.82, 2.24) is 10.6 Å². The number of benzene rings is 2. The molecule has 1 aliphatic heterocycles. The van der Waals surface area contributed by atoms with E-state index >= 15 is 0 Å². The summed E-state index contributed by atoms with van der Waals surface area (Å²) in [6, 6.07) is 15.1. The minimum Gasteiger partial charge on any atom is -0.381 e. The summed E-state index contributed by atoms with van der Waals surface area (Å²) in [4.78, 5) is 5.39. The molecule has 2 N–H and O–H groups in total. The van der Waals surface area contributed by atoms with Gasteiger partial charge >= 0.3 is 0 Å². The van der Waals surface area contributed by atoms with Gasteiger partial charge in [0.05, 0.1) is 12.7 Å². The minimum atomic E-state index is -0.196. The van der Waals surface area contributed by atoms with E-state index in [9.17, 15) is 4.39 Å². The van der Waals surface area contributed by atoms with Crippen molar-refractivity contribution in [3.63, 3.8) is 0 Å². The van der Waals surface area contributed by atoms with Crippen molar-refractivity contribution in [3.05, 3.63) is 65.5 Å². The fourth-order valence-electron chi connectivity index (χ4n) is 3.29. The van der Waals surface area contributed by atoms with Crippen molar-refractivity contribution in [2.75, 3.05) is 32.6 Å². The molecule has 3 rings (SSSR count). The van der Waals surface area contributed by atoms with Crippen molar-refractivity contribution in [3.8, 4) is 0 Å². The van der Waals surface area contributed by atoms with Crippen LogP contribution in [-0.2, 0) is 22.6 Å². The maximum absolute atomic E-state index is 12.9. The normalized spacial score (nSPS) is 15.1. The van der Waals surface area contributed by atoms with E-state index in [4.69, 9.17) is 9.47 Å². The molecule has 0 atom stereocenters. The summed E-state index contributed by atoms with van der Waals surface area (Å²) in [5.74, 6) is 1.55. The Bertz CT molecular complexity index is 811. The van der Waals surface area contributed by atoms with Gasteiger partial charge in [0.15, 0.2) is 5.96 Å². The Kier molecular flexibility index (Phi) is 10.2. The summed E-state index contributed by atoms with van der Waals surface area (Å²) in [6.07, 6.45) is 3.25. The van der Waals surface area contributed by atoms with Gasteiger partial charge in [0.25, 0.3) is 0 Å². The second-order valence-corrected chi connectivity index (χ2v) is 8.62. The summed E-state index contributed by atoms with van der Waals surface area (Å²) in [5.41, 5.74) is 2.38. The Balaban J connectivity index is 1.33. The zero-order valence-electron chi connectivity index (χ0n) is 18.1. The number of nitrogens with one attached hydrogen (secondary N) is 2. The summed E-state index contributed by atoms with van der Waals surface area (Å²) >= 11 is 1.73. The Hall–Kier alpha value is -2.09. The van der Waals surface area contributed by atoms with Gasteiger partial charge < -0.3 is 20.1 Å². The summed E-state index contributed by atoms with van der Waals surface area (Å²) < 4.78 is 24.4. The third-order valence-electron chi connectivity index (χ3n) is 5.02. The molecule has 1 saturated heterocycles. The van der Waals surface area contributed by atoms with Gasteiger partial charge in [-0.25, -0.2) is 4.39 Å². The Morgan fingerprint density at radius 3 is 2.68 bits per heavy atom. The quantitative estimate of drug-likeness (QED) is 0.246. The largest absolute Gasteiger partial charge is 0.381 e. The van der Waals surface area contributed by atoms with E-state index in [0.717, 1.165) is 55.6 Å². The van der Waals surface area contributed by atoms with E-state index in [0.29, 0.717) is 19.3 Å². The predicted octanol–water partition coefficient (Wildman–Crippen LogP) is 4.37. The molecule has 2 aromatic carbocycles. The fraction of sp³-hybridized carbons (Fsp3) is 0.458. The average molecular weight is 446 g/mol. The first-order valence-electron chi connectivity index (χ1n) is 10.8. The highest BCUT2D eigenvalue weighted by atomic mass is 32.2. The predicted molar refractivity (Wildman–Crippen MR) is 125 cm³/mol. The topological polar surface area (TPSA) is 54.9 Å². The number of aliphatic imine (C=N–C) groups is 1. The van der Waals surface area contributed by atoms with Crippen LogP contribution in [0.2, 0.25) is 0 Å². The molecule has 168 valence electrons. The van der Waals surface area contributed by atoms with Crippen LogP contribution in [-0.4, -0.2) is 44.6 Å². The molecule has 1 aliphatic rings. The number of thioether (sulfide) groups is 1. The van der Waals surface area contributed by atoms with Crippen LogP contribution in [0.25, 0.3) is 0 Å². The molecule has 0 saturated carbocycles. The zero-order valence-corrected chi connectivity index (χ0v) is 18.9. The number of rotatable bonds is 10. The van der Waals surface area contributed by atoms with Gasteiger partial charge in [-0.2, -0.15) is 0 Å². The average Bonchev–Trinajstić information content (AvgIpc) is 2.81. The Morgan fingerprint density at radius 1 is 1.13 bits per heavy atom. The summed E-state index contributed by atoms with van der Waals surface area (Å²) in [7, 11) is 1.78. The van der Waals surface area contributed by atoms with Crippen molar-refractivity contribution >= 4 is 17.7 Å². The van der Waals surface area contributed by atoms with Crippen LogP contribution in [0.15, 0.2) is 58.4 Å². The second-order valence-electron chi connectivity index (χ2n) is 7.45. The third kappa shape index (κ3) is 8.89. The standard InChI is InChI=1S/C24H32FN3O2S/c1-26-24(27-12-3-15-31-23-8-6-21(25)7-9-23)28-17-19-4-2-5-20(16-19)18-30-22-10-13-29-14-11-22/h2,4-9,16,22H,3,10-15,17-18H2,1H3,(H2,26,27,28). The van der Waals surface area contributed by atoms with E-state index in [1.807, 2.05) is 12.1 Å². The van der Waals surface area contributed by atoms with Crippen molar-refractivity contribution < 1.29 is 13.9 Å². The number of ether oxygens (including phenoxy) is 2. The molecule has 5 nitrogen and oxygen atoms in total.